The Kier molecular flexibility index (Phi) is 5.88. The molecular formula is C27H26N6O. The average molecular weight is 451 g/mol. The van der Waals surface area contributed by atoms with Gasteiger partial charge in [-0.15, -0.1) is 0 Å². The number of rotatable bonds is 5. The molecule has 2 aliphatic rings. The Morgan fingerprint density at radius 3 is 2.38 bits per heavy atom. The van der Waals surface area contributed by atoms with Crippen LogP contribution in [0.15, 0.2) is 42.5 Å². The molecule has 1 saturated carbocycles. The second kappa shape index (κ2) is 9.13. The maximum absolute atomic E-state index is 13.4. The van der Waals surface area contributed by atoms with E-state index in [0.29, 0.717) is 54.0 Å². The minimum absolute atomic E-state index is 0.0106. The average Bonchev–Trinajstić information content (AvgIpc) is 3.66. The van der Waals surface area contributed by atoms with Gasteiger partial charge in [-0.25, -0.2) is 4.98 Å². The molecule has 3 aromatic rings. The van der Waals surface area contributed by atoms with Crippen LogP contribution in [0.5, 0.6) is 0 Å². The molecule has 2 aromatic carbocycles. The van der Waals surface area contributed by atoms with Gasteiger partial charge in [0.15, 0.2) is 5.69 Å². The Morgan fingerprint density at radius 2 is 1.76 bits per heavy atom. The Bertz CT molecular complexity index is 1300. The van der Waals surface area contributed by atoms with E-state index in [9.17, 15) is 10.1 Å². The highest BCUT2D eigenvalue weighted by molar-refractivity contribution is 5.96. The van der Waals surface area contributed by atoms with E-state index in [0.717, 1.165) is 42.6 Å². The van der Waals surface area contributed by atoms with Gasteiger partial charge in [-0.1, -0.05) is 18.2 Å². The molecule has 34 heavy (non-hydrogen) atoms. The number of aromatic amines is 1. The van der Waals surface area contributed by atoms with E-state index < -0.39 is 0 Å². The smallest absolute Gasteiger partial charge is 0.253 e. The second-order valence-corrected chi connectivity index (χ2v) is 9.11. The molecule has 1 aliphatic heterocycles. The zero-order chi connectivity index (χ0) is 23.7. The van der Waals surface area contributed by atoms with Crippen LogP contribution >= 0.6 is 0 Å². The number of likely N-dealkylation sites (tertiary alicyclic amines) is 1. The third-order valence-electron chi connectivity index (χ3n) is 6.93. The van der Waals surface area contributed by atoms with Gasteiger partial charge in [-0.3, -0.25) is 4.79 Å². The number of aromatic nitrogens is 2. The van der Waals surface area contributed by atoms with Gasteiger partial charge in [0, 0.05) is 36.7 Å². The van der Waals surface area contributed by atoms with E-state index in [1.54, 1.807) is 0 Å². The fourth-order valence-electron chi connectivity index (χ4n) is 4.77. The van der Waals surface area contributed by atoms with Crippen molar-refractivity contribution in [2.75, 3.05) is 13.1 Å². The van der Waals surface area contributed by atoms with Crippen LogP contribution < -0.4 is 5.73 Å². The van der Waals surface area contributed by atoms with Crippen molar-refractivity contribution in [3.05, 3.63) is 76.2 Å². The maximum Gasteiger partial charge on any atom is 0.253 e. The predicted molar refractivity (Wildman–Crippen MR) is 128 cm³/mol. The molecular weight excluding hydrogens is 424 g/mol. The van der Waals surface area contributed by atoms with Crippen LogP contribution in [0.3, 0.4) is 0 Å². The Balaban J connectivity index is 1.35. The minimum atomic E-state index is -0.0106. The first-order valence-corrected chi connectivity index (χ1v) is 11.7. The third-order valence-corrected chi connectivity index (χ3v) is 6.93. The highest BCUT2D eigenvalue weighted by Crippen LogP contribution is 2.40. The van der Waals surface area contributed by atoms with Crippen molar-refractivity contribution in [3.8, 4) is 23.4 Å². The van der Waals surface area contributed by atoms with Crippen LogP contribution in [-0.2, 0) is 6.54 Å². The first kappa shape index (κ1) is 21.9. The molecule has 7 heteroatoms. The van der Waals surface area contributed by atoms with Crippen LogP contribution in [-0.4, -0.2) is 33.9 Å². The molecule has 7 nitrogen and oxygen atoms in total. The normalized spacial score (nSPS) is 16.1. The van der Waals surface area contributed by atoms with Crippen molar-refractivity contribution >= 4 is 5.91 Å². The molecule has 0 radical (unpaired) electrons. The van der Waals surface area contributed by atoms with Gasteiger partial charge in [0.2, 0.25) is 0 Å². The minimum Gasteiger partial charge on any atom is -0.341 e. The summed E-state index contributed by atoms with van der Waals surface area (Å²) in [6, 6.07) is 17.6. The van der Waals surface area contributed by atoms with Crippen molar-refractivity contribution in [3.63, 3.8) is 0 Å². The van der Waals surface area contributed by atoms with E-state index >= 15 is 0 Å². The zero-order valence-corrected chi connectivity index (χ0v) is 18.9. The summed E-state index contributed by atoms with van der Waals surface area (Å²) in [5, 5.41) is 18.6. The van der Waals surface area contributed by atoms with Crippen molar-refractivity contribution < 1.29 is 4.79 Å². The lowest BCUT2D eigenvalue weighted by Crippen LogP contribution is -2.38. The van der Waals surface area contributed by atoms with Crippen molar-refractivity contribution in [2.45, 2.75) is 44.1 Å². The lowest BCUT2D eigenvalue weighted by molar-refractivity contribution is 0.0713. The van der Waals surface area contributed by atoms with Crippen LogP contribution in [0, 0.1) is 22.7 Å². The van der Waals surface area contributed by atoms with E-state index in [1.165, 1.54) is 5.56 Å². The number of nitrogens with two attached hydrogens (primary N) is 1. The number of piperidine rings is 1. The maximum atomic E-state index is 13.4. The summed E-state index contributed by atoms with van der Waals surface area (Å²) in [4.78, 5) is 23.1. The van der Waals surface area contributed by atoms with Crippen LogP contribution in [0.1, 0.15) is 76.1 Å². The lowest BCUT2D eigenvalue weighted by Gasteiger charge is -2.32. The summed E-state index contributed by atoms with van der Waals surface area (Å²) in [5.41, 5.74) is 11.1. The number of benzene rings is 2. The molecule has 0 unspecified atom stereocenters. The quantitative estimate of drug-likeness (QED) is 0.604. The molecule has 1 aromatic heterocycles. The molecule has 5 rings (SSSR count). The van der Waals surface area contributed by atoms with Gasteiger partial charge in [0.05, 0.1) is 17.3 Å². The second-order valence-electron chi connectivity index (χ2n) is 9.11. The molecule has 0 bridgehead atoms. The summed E-state index contributed by atoms with van der Waals surface area (Å²) < 4.78 is 0. The van der Waals surface area contributed by atoms with Crippen molar-refractivity contribution in [1.82, 2.24) is 14.9 Å². The molecule has 1 amide bonds. The third kappa shape index (κ3) is 4.19. The number of nitrogens with zero attached hydrogens (tertiary/aromatic N) is 4. The summed E-state index contributed by atoms with van der Waals surface area (Å²) in [5.74, 6) is 1.61. The van der Waals surface area contributed by atoms with Gasteiger partial charge in [0.25, 0.3) is 5.91 Å². The number of hydrogen-bond donors (Lipinski definition) is 2. The highest BCUT2D eigenvalue weighted by atomic mass is 16.2. The number of amides is 1. The SMILES string of the molecule is N#Cc1ccc(C2CCN(C(=O)c3ccc(CN)c(-c4[nH]c(C5CC5)nc4C#N)c3)CC2)cc1. The summed E-state index contributed by atoms with van der Waals surface area (Å²) in [6.07, 6.45) is 3.93. The van der Waals surface area contributed by atoms with Crippen molar-refractivity contribution in [2.24, 2.45) is 5.73 Å². The fraction of sp³-hybridized carbons (Fsp3) is 0.333. The number of nitrogens with one attached hydrogen (secondary N) is 1. The van der Waals surface area contributed by atoms with Gasteiger partial charge in [-0.2, -0.15) is 10.5 Å². The topological polar surface area (TPSA) is 123 Å². The Hall–Kier alpha value is -3.94. The number of imidazole rings is 1. The molecule has 2 heterocycles. The first-order chi connectivity index (χ1) is 16.6. The largest absolute Gasteiger partial charge is 0.341 e. The monoisotopic (exact) mass is 450 g/mol. The molecule has 2 fully saturated rings. The van der Waals surface area contributed by atoms with Crippen molar-refractivity contribution in [1.29, 1.82) is 10.5 Å². The van der Waals surface area contributed by atoms with E-state index in [4.69, 9.17) is 11.0 Å². The molecule has 3 N–H and O–H groups in total. The summed E-state index contributed by atoms with van der Waals surface area (Å²) >= 11 is 0. The van der Waals surface area contributed by atoms with Gasteiger partial charge in [0.1, 0.15) is 11.9 Å². The van der Waals surface area contributed by atoms with Crippen LogP contribution in [0.25, 0.3) is 11.3 Å². The summed E-state index contributed by atoms with van der Waals surface area (Å²) in [6.45, 7) is 1.66. The number of H-pyrrole nitrogens is 1. The molecule has 170 valence electrons. The van der Waals surface area contributed by atoms with Crippen LogP contribution in [0.2, 0.25) is 0 Å². The van der Waals surface area contributed by atoms with Gasteiger partial charge < -0.3 is 15.6 Å². The molecule has 0 spiro atoms. The molecule has 1 aliphatic carbocycles. The van der Waals surface area contributed by atoms with E-state index in [2.05, 4.69) is 22.1 Å². The Morgan fingerprint density at radius 1 is 1.03 bits per heavy atom. The number of hydrogen-bond acceptors (Lipinski definition) is 5. The standard InChI is InChI=1S/C27H26N6O/c28-14-17-1-3-18(4-2-17)19-9-11-33(12-10-19)27(34)21-7-8-22(15-29)23(13-21)25-24(16-30)31-26(32-25)20-5-6-20/h1-4,7-8,13,19-20H,5-6,9-12,15,29H2,(H,31,32). The van der Waals surface area contributed by atoms with Gasteiger partial charge in [-0.05, 0) is 67.0 Å². The predicted octanol–water partition coefficient (Wildman–Crippen LogP) is 4.18. The Labute approximate surface area is 198 Å². The van der Waals surface area contributed by atoms with E-state index in [-0.39, 0.29) is 5.91 Å². The fourth-order valence-corrected chi connectivity index (χ4v) is 4.77. The zero-order valence-electron chi connectivity index (χ0n) is 18.9. The summed E-state index contributed by atoms with van der Waals surface area (Å²) in [7, 11) is 0. The molecule has 1 saturated heterocycles. The number of carbonyl (C=O) groups is 1. The lowest BCUT2D eigenvalue weighted by atomic mass is 9.88. The highest BCUT2D eigenvalue weighted by Gasteiger charge is 2.29. The number of carbonyl (C=O) groups excluding carboxylic acids is 1. The van der Waals surface area contributed by atoms with Gasteiger partial charge >= 0.3 is 0 Å². The number of nitriles is 2. The van der Waals surface area contributed by atoms with E-state index in [1.807, 2.05) is 47.4 Å². The van der Waals surface area contributed by atoms with Crippen LogP contribution in [0.4, 0.5) is 0 Å². The first-order valence-electron chi connectivity index (χ1n) is 11.7. The molecule has 0 atom stereocenters.